The van der Waals surface area contributed by atoms with Crippen LogP contribution in [-0.4, -0.2) is 29.1 Å². The number of aliphatic hydroxyl groups is 1. The summed E-state index contributed by atoms with van der Waals surface area (Å²) < 4.78 is 5.74. The van der Waals surface area contributed by atoms with Crippen molar-refractivity contribution in [2.45, 2.75) is 20.8 Å². The van der Waals surface area contributed by atoms with Crippen LogP contribution in [0.2, 0.25) is 0 Å². The number of rotatable bonds is 6. The van der Waals surface area contributed by atoms with Gasteiger partial charge < -0.3 is 14.7 Å². The van der Waals surface area contributed by atoms with E-state index in [0.717, 1.165) is 27.6 Å². The summed E-state index contributed by atoms with van der Waals surface area (Å²) in [4.78, 5) is 7.61. The van der Waals surface area contributed by atoms with Gasteiger partial charge in [0.05, 0.1) is 24.4 Å². The van der Waals surface area contributed by atoms with Crippen molar-refractivity contribution in [2.75, 3.05) is 18.1 Å². The summed E-state index contributed by atoms with van der Waals surface area (Å²) in [6.07, 6.45) is 0. The molecule has 0 saturated carbocycles. The molecular weight excluding hydrogens is 394 g/mol. The van der Waals surface area contributed by atoms with Crippen molar-refractivity contribution in [3.05, 3.63) is 70.2 Å². The van der Waals surface area contributed by atoms with Gasteiger partial charge in [0.2, 0.25) is 0 Å². The van der Waals surface area contributed by atoms with Crippen molar-refractivity contribution < 1.29 is 9.84 Å². The first-order valence-corrected chi connectivity index (χ1v) is 10.8. The van der Waals surface area contributed by atoms with E-state index in [4.69, 9.17) is 15.1 Å². The van der Waals surface area contributed by atoms with Crippen molar-refractivity contribution in [1.82, 2.24) is 4.98 Å². The number of nitrogens with zero attached hydrogens (tertiary/aromatic N) is 2. The number of hydrogen-bond acceptors (Lipinski definition) is 5. The molecule has 4 rings (SSSR count). The number of benzene rings is 2. The smallest absolute Gasteiger partial charge is 0.139 e. The molecule has 1 aliphatic rings. The van der Waals surface area contributed by atoms with Crippen LogP contribution in [0.1, 0.15) is 23.7 Å². The van der Waals surface area contributed by atoms with E-state index >= 15 is 0 Å². The van der Waals surface area contributed by atoms with Crippen LogP contribution in [0.5, 0.6) is 5.75 Å². The summed E-state index contributed by atoms with van der Waals surface area (Å²) in [5, 5.41) is 20.0. The summed E-state index contributed by atoms with van der Waals surface area (Å²) in [5.74, 6) is 1.70. The Morgan fingerprint density at radius 3 is 2.50 bits per heavy atom. The minimum absolute atomic E-state index is 0.175. The summed E-state index contributed by atoms with van der Waals surface area (Å²) in [7, 11) is 0. The molecule has 2 heterocycles. The number of amidine groups is 1. The number of hydrogen-bond donors (Lipinski definition) is 2. The van der Waals surface area contributed by atoms with Crippen LogP contribution in [0.3, 0.4) is 0 Å². The van der Waals surface area contributed by atoms with E-state index in [9.17, 15) is 5.11 Å². The molecule has 3 aromatic rings. The van der Waals surface area contributed by atoms with E-state index in [-0.39, 0.29) is 18.1 Å². The van der Waals surface area contributed by atoms with Gasteiger partial charge in [-0.25, -0.2) is 4.98 Å². The second kappa shape index (κ2) is 8.32. The number of nitrogens with one attached hydrogen (secondary N) is 1. The van der Waals surface area contributed by atoms with Crippen LogP contribution in [-0.2, 0) is 0 Å². The predicted octanol–water partition coefficient (Wildman–Crippen LogP) is 5.92. The Kier molecular flexibility index (Phi) is 5.59. The zero-order chi connectivity index (χ0) is 21.3. The summed E-state index contributed by atoms with van der Waals surface area (Å²) in [6, 6.07) is 17.6. The average molecular weight is 420 g/mol. The normalized spacial score (nSPS) is 14.1. The van der Waals surface area contributed by atoms with Gasteiger partial charge >= 0.3 is 0 Å². The lowest BCUT2D eigenvalue weighted by molar-refractivity contribution is 0.271. The Hall–Kier alpha value is -3.12. The third-order valence-corrected chi connectivity index (χ3v) is 5.88. The van der Waals surface area contributed by atoms with Crippen molar-refractivity contribution in [3.63, 3.8) is 0 Å². The molecule has 0 saturated heterocycles. The topological polar surface area (TPSA) is 69.4 Å². The van der Waals surface area contributed by atoms with Gasteiger partial charge in [-0.15, -0.1) is 11.3 Å². The Balaban J connectivity index is 1.56. The van der Waals surface area contributed by atoms with Crippen LogP contribution in [0.15, 0.2) is 60.4 Å². The SMILES string of the molecule is Cc1sc(C2=C(O)CN(c3ccc(OCC(C)C)cc3)C2=N)nc1-c1ccccc1. The zero-order valence-corrected chi connectivity index (χ0v) is 18.2. The standard InChI is InChI=1S/C24H25N3O2S/c1-15(2)14-29-19-11-9-18(10-12-19)27-13-20(28)21(23(27)25)24-26-22(16(3)30-24)17-7-5-4-6-8-17/h4-12,15,25,28H,13-14H2,1-3H3. The molecule has 0 aliphatic carbocycles. The van der Waals surface area contributed by atoms with Crippen LogP contribution >= 0.6 is 11.3 Å². The molecule has 0 amide bonds. The maximum Gasteiger partial charge on any atom is 0.139 e. The Bertz CT molecular complexity index is 1090. The molecular formula is C24H25N3O2S. The monoisotopic (exact) mass is 419 g/mol. The Morgan fingerprint density at radius 1 is 1.13 bits per heavy atom. The van der Waals surface area contributed by atoms with Crippen LogP contribution < -0.4 is 9.64 Å². The Labute approximate surface area is 180 Å². The van der Waals surface area contributed by atoms with Crippen molar-refractivity contribution in [1.29, 1.82) is 5.41 Å². The van der Waals surface area contributed by atoms with E-state index in [2.05, 4.69) is 13.8 Å². The lowest BCUT2D eigenvalue weighted by atomic mass is 10.1. The highest BCUT2D eigenvalue weighted by atomic mass is 32.1. The average Bonchev–Trinajstić information content (AvgIpc) is 3.26. The molecule has 0 radical (unpaired) electrons. The number of anilines is 1. The maximum atomic E-state index is 10.7. The van der Waals surface area contributed by atoms with Crippen molar-refractivity contribution in [2.24, 2.45) is 5.92 Å². The molecule has 2 aromatic carbocycles. The molecule has 0 fully saturated rings. The van der Waals surface area contributed by atoms with E-state index in [1.165, 1.54) is 11.3 Å². The molecule has 0 unspecified atom stereocenters. The molecule has 154 valence electrons. The molecule has 0 spiro atoms. The predicted molar refractivity (Wildman–Crippen MR) is 124 cm³/mol. The molecule has 5 nitrogen and oxygen atoms in total. The second-order valence-electron chi connectivity index (χ2n) is 7.75. The largest absolute Gasteiger partial charge is 0.510 e. The van der Waals surface area contributed by atoms with Gasteiger partial charge in [0.1, 0.15) is 22.4 Å². The Morgan fingerprint density at radius 2 is 1.83 bits per heavy atom. The quantitative estimate of drug-likeness (QED) is 0.520. The van der Waals surface area contributed by atoms with E-state index in [1.54, 1.807) is 4.90 Å². The van der Waals surface area contributed by atoms with Gasteiger partial charge in [-0.2, -0.15) is 0 Å². The van der Waals surface area contributed by atoms with E-state index in [1.807, 2.05) is 61.5 Å². The number of thiazole rings is 1. The summed E-state index contributed by atoms with van der Waals surface area (Å²) in [6.45, 7) is 7.17. The van der Waals surface area contributed by atoms with Crippen LogP contribution in [0, 0.1) is 18.3 Å². The third-order valence-electron chi connectivity index (χ3n) is 4.89. The van der Waals surface area contributed by atoms with Gasteiger partial charge in [0.25, 0.3) is 0 Å². The molecule has 0 bridgehead atoms. The third kappa shape index (κ3) is 3.96. The van der Waals surface area contributed by atoms with Gasteiger partial charge in [0, 0.05) is 16.1 Å². The van der Waals surface area contributed by atoms with Gasteiger partial charge in [-0.05, 0) is 37.1 Å². The zero-order valence-electron chi connectivity index (χ0n) is 17.3. The molecule has 0 atom stereocenters. The number of aryl methyl sites for hydroxylation is 1. The van der Waals surface area contributed by atoms with Crippen LogP contribution in [0.4, 0.5) is 5.69 Å². The lowest BCUT2D eigenvalue weighted by Crippen LogP contribution is -2.25. The maximum absolute atomic E-state index is 10.7. The van der Waals surface area contributed by atoms with Gasteiger partial charge in [-0.1, -0.05) is 44.2 Å². The molecule has 30 heavy (non-hydrogen) atoms. The first-order chi connectivity index (χ1) is 14.4. The molecule has 1 aliphatic heterocycles. The van der Waals surface area contributed by atoms with Crippen molar-refractivity contribution in [3.8, 4) is 17.0 Å². The van der Waals surface area contributed by atoms with E-state index < -0.39 is 0 Å². The minimum atomic E-state index is 0.175. The summed E-state index contributed by atoms with van der Waals surface area (Å²) in [5.41, 5.74) is 3.28. The highest BCUT2D eigenvalue weighted by Gasteiger charge is 2.31. The van der Waals surface area contributed by atoms with E-state index in [0.29, 0.717) is 23.1 Å². The number of aliphatic hydroxyl groups excluding tert-OH is 1. The first kappa shape index (κ1) is 20.2. The fraction of sp³-hybridized carbons (Fsp3) is 0.250. The molecule has 2 N–H and O–H groups in total. The second-order valence-corrected chi connectivity index (χ2v) is 8.95. The van der Waals surface area contributed by atoms with Gasteiger partial charge in [0.15, 0.2) is 0 Å². The fourth-order valence-electron chi connectivity index (χ4n) is 3.38. The first-order valence-electron chi connectivity index (χ1n) is 9.98. The van der Waals surface area contributed by atoms with Crippen LogP contribution in [0.25, 0.3) is 16.8 Å². The van der Waals surface area contributed by atoms with Crippen molar-refractivity contribution >= 4 is 28.4 Å². The highest BCUT2D eigenvalue weighted by molar-refractivity contribution is 7.13. The molecule has 1 aromatic heterocycles. The lowest BCUT2D eigenvalue weighted by Gasteiger charge is -2.19. The number of aromatic nitrogens is 1. The minimum Gasteiger partial charge on any atom is -0.510 e. The molecule has 6 heteroatoms. The fourth-order valence-corrected chi connectivity index (χ4v) is 4.38. The van der Waals surface area contributed by atoms with Gasteiger partial charge in [-0.3, -0.25) is 5.41 Å². The summed E-state index contributed by atoms with van der Waals surface area (Å²) >= 11 is 1.51. The highest BCUT2D eigenvalue weighted by Crippen LogP contribution is 2.37. The number of ether oxygens (including phenoxy) is 1.